The highest BCUT2D eigenvalue weighted by Crippen LogP contribution is 2.27. The van der Waals surface area contributed by atoms with Crippen molar-refractivity contribution in [1.82, 2.24) is 5.32 Å². The minimum absolute atomic E-state index is 0.577. The highest BCUT2D eigenvalue weighted by atomic mass is 16.5. The zero-order chi connectivity index (χ0) is 13.0. The standard InChI is InChI=1S/C16H23NO/c1-4-17-11-15(12(2)3)10-13-5-6-16-14(9-13)7-8-18-16/h5-6,9-10,12,17H,4,7-8,11H2,1-3H3. The molecule has 0 bridgehead atoms. The third kappa shape index (κ3) is 3.14. The molecule has 18 heavy (non-hydrogen) atoms. The van der Waals surface area contributed by atoms with E-state index in [1.807, 2.05) is 0 Å². The zero-order valence-corrected chi connectivity index (χ0v) is 11.6. The number of hydrogen-bond acceptors (Lipinski definition) is 2. The Balaban J connectivity index is 2.18. The maximum absolute atomic E-state index is 5.54. The fourth-order valence-electron chi connectivity index (χ4n) is 2.20. The van der Waals surface area contributed by atoms with Crippen LogP contribution in [0.4, 0.5) is 0 Å². The van der Waals surface area contributed by atoms with Crippen LogP contribution in [-0.2, 0) is 6.42 Å². The van der Waals surface area contributed by atoms with Crippen molar-refractivity contribution < 1.29 is 4.74 Å². The number of fused-ring (bicyclic) bond motifs is 1. The summed E-state index contributed by atoms with van der Waals surface area (Å²) in [4.78, 5) is 0. The third-order valence-electron chi connectivity index (χ3n) is 3.39. The molecule has 0 saturated heterocycles. The number of hydrogen-bond donors (Lipinski definition) is 1. The Labute approximate surface area is 110 Å². The van der Waals surface area contributed by atoms with Gasteiger partial charge in [-0.3, -0.25) is 0 Å². The van der Waals surface area contributed by atoms with Gasteiger partial charge in [0.1, 0.15) is 5.75 Å². The van der Waals surface area contributed by atoms with Crippen LogP contribution in [0.2, 0.25) is 0 Å². The lowest BCUT2D eigenvalue weighted by Crippen LogP contribution is -2.18. The smallest absolute Gasteiger partial charge is 0.122 e. The summed E-state index contributed by atoms with van der Waals surface area (Å²) < 4.78 is 5.54. The summed E-state index contributed by atoms with van der Waals surface area (Å²) in [6, 6.07) is 6.51. The molecule has 0 radical (unpaired) electrons. The van der Waals surface area contributed by atoms with E-state index in [0.29, 0.717) is 5.92 Å². The Bertz CT molecular complexity index is 435. The molecule has 0 aromatic heterocycles. The van der Waals surface area contributed by atoms with E-state index in [1.54, 1.807) is 0 Å². The van der Waals surface area contributed by atoms with Gasteiger partial charge in [0.2, 0.25) is 0 Å². The summed E-state index contributed by atoms with van der Waals surface area (Å²) in [5.74, 6) is 1.64. The van der Waals surface area contributed by atoms with Crippen molar-refractivity contribution in [2.24, 2.45) is 5.92 Å². The van der Waals surface area contributed by atoms with Crippen molar-refractivity contribution in [3.05, 3.63) is 34.9 Å². The van der Waals surface area contributed by atoms with Gasteiger partial charge in [-0.25, -0.2) is 0 Å². The van der Waals surface area contributed by atoms with E-state index < -0.39 is 0 Å². The number of ether oxygens (including phenoxy) is 1. The van der Waals surface area contributed by atoms with E-state index in [4.69, 9.17) is 4.74 Å². The number of likely N-dealkylation sites (N-methyl/N-ethyl adjacent to an activating group) is 1. The molecule has 1 aliphatic rings. The lowest BCUT2D eigenvalue weighted by atomic mass is 9.99. The van der Waals surface area contributed by atoms with Crippen LogP contribution in [0.1, 0.15) is 31.9 Å². The molecular weight excluding hydrogens is 222 g/mol. The maximum Gasteiger partial charge on any atom is 0.122 e. The highest BCUT2D eigenvalue weighted by molar-refractivity contribution is 5.57. The van der Waals surface area contributed by atoms with Crippen LogP contribution < -0.4 is 10.1 Å². The van der Waals surface area contributed by atoms with Crippen molar-refractivity contribution in [2.45, 2.75) is 27.2 Å². The largest absolute Gasteiger partial charge is 0.493 e. The normalized spacial score (nSPS) is 14.8. The van der Waals surface area contributed by atoms with E-state index in [2.05, 4.69) is 50.4 Å². The summed E-state index contributed by atoms with van der Waals surface area (Å²) in [6.07, 6.45) is 3.35. The second-order valence-electron chi connectivity index (χ2n) is 5.12. The van der Waals surface area contributed by atoms with Crippen molar-refractivity contribution in [3.8, 4) is 5.75 Å². The minimum atomic E-state index is 0.577. The van der Waals surface area contributed by atoms with Gasteiger partial charge in [-0.2, -0.15) is 0 Å². The lowest BCUT2D eigenvalue weighted by molar-refractivity contribution is 0.357. The molecular formula is C16H23NO. The molecule has 1 aromatic carbocycles. The Morgan fingerprint density at radius 2 is 2.28 bits per heavy atom. The molecule has 2 nitrogen and oxygen atoms in total. The fourth-order valence-corrected chi connectivity index (χ4v) is 2.20. The van der Waals surface area contributed by atoms with E-state index in [0.717, 1.165) is 31.9 Å². The topological polar surface area (TPSA) is 21.3 Å². The van der Waals surface area contributed by atoms with Crippen molar-refractivity contribution in [1.29, 1.82) is 0 Å². The molecule has 0 amide bonds. The number of rotatable bonds is 5. The van der Waals surface area contributed by atoms with Gasteiger partial charge in [0, 0.05) is 13.0 Å². The van der Waals surface area contributed by atoms with Crippen molar-refractivity contribution in [3.63, 3.8) is 0 Å². The van der Waals surface area contributed by atoms with Crippen LogP contribution in [-0.4, -0.2) is 19.7 Å². The summed E-state index contributed by atoms with van der Waals surface area (Å²) in [5, 5.41) is 3.41. The van der Waals surface area contributed by atoms with Gasteiger partial charge < -0.3 is 10.1 Å². The van der Waals surface area contributed by atoms with E-state index in [-0.39, 0.29) is 0 Å². The van der Waals surface area contributed by atoms with E-state index in [1.165, 1.54) is 16.7 Å². The zero-order valence-electron chi connectivity index (χ0n) is 11.6. The third-order valence-corrected chi connectivity index (χ3v) is 3.39. The second-order valence-corrected chi connectivity index (χ2v) is 5.12. The first kappa shape index (κ1) is 13.2. The molecule has 2 rings (SSSR count). The Kier molecular flexibility index (Phi) is 4.43. The van der Waals surface area contributed by atoms with Gasteiger partial charge in [-0.1, -0.05) is 38.5 Å². The van der Waals surface area contributed by atoms with Crippen LogP contribution in [0.5, 0.6) is 5.75 Å². The predicted molar refractivity (Wildman–Crippen MR) is 77.0 cm³/mol. The van der Waals surface area contributed by atoms with Gasteiger partial charge in [-0.05, 0) is 35.7 Å². The Morgan fingerprint density at radius 1 is 1.44 bits per heavy atom. The highest BCUT2D eigenvalue weighted by Gasteiger charge is 2.11. The first-order chi connectivity index (χ1) is 8.70. The molecule has 0 fully saturated rings. The first-order valence-electron chi connectivity index (χ1n) is 6.87. The SMILES string of the molecule is CCNCC(=Cc1ccc2c(c1)CCO2)C(C)C. The van der Waals surface area contributed by atoms with Crippen LogP contribution in [0.3, 0.4) is 0 Å². The first-order valence-corrected chi connectivity index (χ1v) is 6.87. The molecule has 98 valence electrons. The monoisotopic (exact) mass is 245 g/mol. The van der Waals surface area contributed by atoms with E-state index in [9.17, 15) is 0 Å². The molecule has 0 atom stereocenters. The van der Waals surface area contributed by atoms with Gasteiger partial charge >= 0.3 is 0 Å². The summed E-state index contributed by atoms with van der Waals surface area (Å²) in [6.45, 7) is 9.46. The summed E-state index contributed by atoms with van der Waals surface area (Å²) >= 11 is 0. The van der Waals surface area contributed by atoms with Crippen LogP contribution >= 0.6 is 0 Å². The van der Waals surface area contributed by atoms with Gasteiger partial charge in [0.05, 0.1) is 6.61 Å². The quantitative estimate of drug-likeness (QED) is 0.859. The molecule has 0 saturated carbocycles. The van der Waals surface area contributed by atoms with Crippen LogP contribution in [0.25, 0.3) is 6.08 Å². The second kappa shape index (κ2) is 6.05. The summed E-state index contributed by atoms with van der Waals surface area (Å²) in [7, 11) is 0. The van der Waals surface area contributed by atoms with Crippen LogP contribution in [0.15, 0.2) is 23.8 Å². The van der Waals surface area contributed by atoms with Gasteiger partial charge in [0.15, 0.2) is 0 Å². The molecule has 1 N–H and O–H groups in total. The van der Waals surface area contributed by atoms with Crippen molar-refractivity contribution in [2.75, 3.05) is 19.7 Å². The number of nitrogens with one attached hydrogen (secondary N) is 1. The minimum Gasteiger partial charge on any atom is -0.493 e. The average Bonchev–Trinajstić information content (AvgIpc) is 2.81. The van der Waals surface area contributed by atoms with E-state index >= 15 is 0 Å². The van der Waals surface area contributed by atoms with Gasteiger partial charge in [-0.15, -0.1) is 0 Å². The Hall–Kier alpha value is -1.28. The maximum atomic E-state index is 5.54. The van der Waals surface area contributed by atoms with Crippen molar-refractivity contribution >= 4 is 6.08 Å². The average molecular weight is 245 g/mol. The lowest BCUT2D eigenvalue weighted by Gasteiger charge is -2.12. The molecule has 2 heteroatoms. The number of benzene rings is 1. The Morgan fingerprint density at radius 3 is 3.00 bits per heavy atom. The molecule has 1 heterocycles. The molecule has 1 aliphatic heterocycles. The molecule has 0 spiro atoms. The predicted octanol–water partition coefficient (Wildman–Crippen LogP) is 3.27. The molecule has 0 aliphatic carbocycles. The van der Waals surface area contributed by atoms with Crippen LogP contribution in [0, 0.1) is 5.92 Å². The van der Waals surface area contributed by atoms with Gasteiger partial charge in [0.25, 0.3) is 0 Å². The fraction of sp³-hybridized carbons (Fsp3) is 0.500. The molecule has 1 aromatic rings. The molecule has 0 unspecified atom stereocenters. The summed E-state index contributed by atoms with van der Waals surface area (Å²) in [5.41, 5.74) is 4.09.